The maximum absolute atomic E-state index is 13.3. The Morgan fingerprint density at radius 3 is 2.22 bits per heavy atom. The molecule has 0 atom stereocenters. The van der Waals surface area contributed by atoms with Gasteiger partial charge in [-0.05, 0) is 42.0 Å². The molecule has 0 fully saturated rings. The Hall–Kier alpha value is -3.96. The van der Waals surface area contributed by atoms with E-state index in [9.17, 15) is 17.6 Å². The fourth-order valence-electron chi connectivity index (χ4n) is 3.36. The normalized spacial score (nSPS) is 11.5. The molecule has 0 aliphatic rings. The van der Waals surface area contributed by atoms with Crippen molar-refractivity contribution >= 4 is 22.1 Å². The molecule has 0 radical (unpaired) electrons. The molecule has 0 unspecified atom stereocenters. The van der Waals surface area contributed by atoms with Crippen molar-refractivity contribution < 1.29 is 31.8 Å². The zero-order chi connectivity index (χ0) is 26.1. The molecule has 1 amide bonds. The number of hydrazone groups is 1. The van der Waals surface area contributed by atoms with E-state index in [0.717, 1.165) is 4.31 Å². The van der Waals surface area contributed by atoms with Gasteiger partial charge in [0.2, 0.25) is 15.8 Å². The molecule has 0 aliphatic carbocycles. The van der Waals surface area contributed by atoms with Crippen LogP contribution in [0.3, 0.4) is 0 Å². The Balaban J connectivity index is 1.80. The summed E-state index contributed by atoms with van der Waals surface area (Å²) in [6.07, 6.45) is 1.34. The van der Waals surface area contributed by atoms with Gasteiger partial charge in [0.15, 0.2) is 11.5 Å². The quantitative estimate of drug-likeness (QED) is 0.311. The Bertz CT molecular complexity index is 1320. The SMILES string of the molecule is COc1ccc(/C=N\NC(=O)CN(Cc2ccc(F)cc2)S(=O)(=O)c2ccccc2)c(OC)c1OC. The van der Waals surface area contributed by atoms with E-state index in [1.165, 1.54) is 63.9 Å². The third kappa shape index (κ3) is 6.37. The molecule has 0 saturated heterocycles. The highest BCUT2D eigenvalue weighted by atomic mass is 32.2. The number of sulfonamides is 1. The van der Waals surface area contributed by atoms with Gasteiger partial charge in [-0.15, -0.1) is 0 Å². The number of nitrogens with one attached hydrogen (secondary N) is 1. The number of benzene rings is 3. The fraction of sp³-hybridized carbons (Fsp3) is 0.200. The van der Waals surface area contributed by atoms with Gasteiger partial charge in [0.05, 0.1) is 39.0 Å². The van der Waals surface area contributed by atoms with Crippen molar-refractivity contribution in [3.63, 3.8) is 0 Å². The molecule has 0 bridgehead atoms. The minimum Gasteiger partial charge on any atom is -0.493 e. The van der Waals surface area contributed by atoms with Crippen LogP contribution in [0.4, 0.5) is 4.39 Å². The fourth-order valence-corrected chi connectivity index (χ4v) is 4.76. The molecule has 1 N–H and O–H groups in total. The minimum absolute atomic E-state index is 0.0264. The van der Waals surface area contributed by atoms with E-state index in [4.69, 9.17) is 14.2 Å². The van der Waals surface area contributed by atoms with Crippen LogP contribution in [-0.2, 0) is 21.4 Å². The number of amides is 1. The second-order valence-electron chi connectivity index (χ2n) is 7.43. The van der Waals surface area contributed by atoms with E-state index in [-0.39, 0.29) is 11.4 Å². The number of ether oxygens (including phenoxy) is 3. The second-order valence-corrected chi connectivity index (χ2v) is 9.37. The molecule has 0 aliphatic heterocycles. The zero-order valence-electron chi connectivity index (χ0n) is 20.0. The summed E-state index contributed by atoms with van der Waals surface area (Å²) in [6, 6.07) is 16.4. The molecule has 0 saturated carbocycles. The molecule has 3 aromatic rings. The molecule has 0 aromatic heterocycles. The highest BCUT2D eigenvalue weighted by Gasteiger charge is 2.27. The molecule has 0 spiro atoms. The molecule has 11 heteroatoms. The van der Waals surface area contributed by atoms with E-state index in [1.807, 2.05) is 0 Å². The number of rotatable bonds is 11. The molecular weight excluding hydrogens is 489 g/mol. The molecule has 190 valence electrons. The summed E-state index contributed by atoms with van der Waals surface area (Å²) in [5, 5.41) is 3.94. The number of nitrogens with zero attached hydrogens (tertiary/aromatic N) is 2. The highest BCUT2D eigenvalue weighted by molar-refractivity contribution is 7.89. The number of halogens is 1. The lowest BCUT2D eigenvalue weighted by Crippen LogP contribution is -2.39. The first-order chi connectivity index (χ1) is 17.3. The zero-order valence-corrected chi connectivity index (χ0v) is 20.8. The van der Waals surface area contributed by atoms with Crippen LogP contribution in [0.1, 0.15) is 11.1 Å². The predicted molar refractivity (Wildman–Crippen MR) is 132 cm³/mol. The monoisotopic (exact) mass is 515 g/mol. The lowest BCUT2D eigenvalue weighted by molar-refractivity contribution is -0.121. The summed E-state index contributed by atoms with van der Waals surface area (Å²) in [4.78, 5) is 12.7. The van der Waals surface area contributed by atoms with E-state index < -0.39 is 28.3 Å². The van der Waals surface area contributed by atoms with Gasteiger partial charge in [0, 0.05) is 12.1 Å². The average Bonchev–Trinajstić information content (AvgIpc) is 2.89. The summed E-state index contributed by atoms with van der Waals surface area (Å²) in [7, 11) is 0.378. The van der Waals surface area contributed by atoms with Gasteiger partial charge in [-0.3, -0.25) is 4.79 Å². The van der Waals surface area contributed by atoms with Crippen molar-refractivity contribution in [2.45, 2.75) is 11.4 Å². The Morgan fingerprint density at radius 1 is 0.944 bits per heavy atom. The van der Waals surface area contributed by atoms with E-state index in [0.29, 0.717) is 28.4 Å². The van der Waals surface area contributed by atoms with Crippen LogP contribution in [0.5, 0.6) is 17.2 Å². The van der Waals surface area contributed by atoms with E-state index in [2.05, 4.69) is 10.5 Å². The Morgan fingerprint density at radius 2 is 1.61 bits per heavy atom. The largest absolute Gasteiger partial charge is 0.493 e. The van der Waals surface area contributed by atoms with E-state index in [1.54, 1.807) is 30.3 Å². The molecule has 3 rings (SSSR count). The van der Waals surface area contributed by atoms with Gasteiger partial charge in [-0.25, -0.2) is 18.2 Å². The number of carbonyl (C=O) groups excluding carboxylic acids is 1. The van der Waals surface area contributed by atoms with Crippen molar-refractivity contribution in [2.75, 3.05) is 27.9 Å². The van der Waals surface area contributed by atoms with Crippen LogP contribution in [0.2, 0.25) is 0 Å². The topological polar surface area (TPSA) is 107 Å². The standard InChI is InChI=1S/C25H26FN3O6S/c1-33-22-14-11-19(24(34-2)25(22)35-3)15-27-28-23(30)17-29(16-18-9-12-20(26)13-10-18)36(31,32)21-7-5-4-6-8-21/h4-15H,16-17H2,1-3H3,(H,28,30)/b27-15-. The summed E-state index contributed by atoms with van der Waals surface area (Å²) < 4.78 is 56.7. The van der Waals surface area contributed by atoms with Crippen molar-refractivity contribution in [3.05, 3.63) is 83.7 Å². The third-order valence-electron chi connectivity index (χ3n) is 5.10. The summed E-state index contributed by atoms with van der Waals surface area (Å²) in [5.41, 5.74) is 3.35. The van der Waals surface area contributed by atoms with Crippen molar-refractivity contribution in [3.8, 4) is 17.2 Å². The van der Waals surface area contributed by atoms with Gasteiger partial charge in [0.1, 0.15) is 5.82 Å². The van der Waals surface area contributed by atoms with Crippen LogP contribution in [0, 0.1) is 5.82 Å². The summed E-state index contributed by atoms with van der Waals surface area (Å²) >= 11 is 0. The molecule has 0 heterocycles. The van der Waals surface area contributed by atoms with Crippen molar-refractivity contribution in [1.29, 1.82) is 0 Å². The first-order valence-corrected chi connectivity index (χ1v) is 12.1. The highest BCUT2D eigenvalue weighted by Crippen LogP contribution is 2.38. The number of hydrogen-bond donors (Lipinski definition) is 1. The summed E-state index contributed by atoms with van der Waals surface area (Å²) in [5.74, 6) is 0.0356. The lowest BCUT2D eigenvalue weighted by atomic mass is 10.2. The second kappa shape index (κ2) is 12.1. The first-order valence-electron chi connectivity index (χ1n) is 10.7. The number of carbonyl (C=O) groups is 1. The van der Waals surface area contributed by atoms with E-state index >= 15 is 0 Å². The maximum Gasteiger partial charge on any atom is 0.255 e. The van der Waals surface area contributed by atoms with Gasteiger partial charge in [0.25, 0.3) is 5.91 Å². The van der Waals surface area contributed by atoms with Crippen LogP contribution < -0.4 is 19.6 Å². The lowest BCUT2D eigenvalue weighted by Gasteiger charge is -2.21. The van der Waals surface area contributed by atoms with Crippen LogP contribution in [0.25, 0.3) is 0 Å². The summed E-state index contributed by atoms with van der Waals surface area (Å²) in [6.45, 7) is -0.660. The Labute approximate surface area is 209 Å². The number of methoxy groups -OCH3 is 3. The van der Waals surface area contributed by atoms with Gasteiger partial charge < -0.3 is 14.2 Å². The molecule has 3 aromatic carbocycles. The minimum atomic E-state index is -4.03. The van der Waals surface area contributed by atoms with Gasteiger partial charge in [-0.2, -0.15) is 9.41 Å². The van der Waals surface area contributed by atoms with Crippen LogP contribution in [-0.4, -0.2) is 52.7 Å². The van der Waals surface area contributed by atoms with Crippen LogP contribution in [0.15, 0.2) is 76.7 Å². The Kier molecular flexibility index (Phi) is 8.98. The predicted octanol–water partition coefficient (Wildman–Crippen LogP) is 3.19. The molecular formula is C25H26FN3O6S. The van der Waals surface area contributed by atoms with Crippen LogP contribution >= 0.6 is 0 Å². The average molecular weight is 516 g/mol. The molecule has 36 heavy (non-hydrogen) atoms. The first kappa shape index (κ1) is 26.6. The molecule has 9 nitrogen and oxygen atoms in total. The number of hydrogen-bond acceptors (Lipinski definition) is 7. The van der Waals surface area contributed by atoms with Gasteiger partial charge >= 0.3 is 0 Å². The van der Waals surface area contributed by atoms with Crippen molar-refractivity contribution in [2.24, 2.45) is 5.10 Å². The maximum atomic E-state index is 13.3. The van der Waals surface area contributed by atoms with Crippen molar-refractivity contribution in [1.82, 2.24) is 9.73 Å². The van der Waals surface area contributed by atoms with Gasteiger partial charge in [-0.1, -0.05) is 30.3 Å². The smallest absolute Gasteiger partial charge is 0.255 e. The third-order valence-corrected chi connectivity index (χ3v) is 6.91.